The highest BCUT2D eigenvalue weighted by molar-refractivity contribution is 5.37. The van der Waals surface area contributed by atoms with Gasteiger partial charge in [-0.2, -0.15) is 0 Å². The van der Waals surface area contributed by atoms with Crippen molar-refractivity contribution in [1.29, 1.82) is 0 Å². The number of ether oxygens (including phenoxy) is 2. The Kier molecular flexibility index (Phi) is 6.92. The van der Waals surface area contributed by atoms with E-state index in [1.54, 1.807) is 7.11 Å². The topological polar surface area (TPSA) is 30.5 Å². The molecular formula is C24H33NO2. The van der Waals surface area contributed by atoms with Crippen molar-refractivity contribution in [3.8, 4) is 5.75 Å². The van der Waals surface area contributed by atoms with Gasteiger partial charge in [-0.15, -0.1) is 0 Å². The first-order valence-corrected chi connectivity index (χ1v) is 10.1. The van der Waals surface area contributed by atoms with Gasteiger partial charge >= 0.3 is 0 Å². The van der Waals surface area contributed by atoms with Crippen molar-refractivity contribution < 1.29 is 9.47 Å². The molecule has 3 rings (SSSR count). The molecule has 146 valence electrons. The lowest BCUT2D eigenvalue weighted by Gasteiger charge is -2.40. The molecule has 1 aliphatic rings. The van der Waals surface area contributed by atoms with E-state index in [1.165, 1.54) is 11.1 Å². The molecular weight excluding hydrogens is 334 g/mol. The molecule has 3 nitrogen and oxygen atoms in total. The van der Waals surface area contributed by atoms with Gasteiger partial charge in [0.15, 0.2) is 0 Å². The number of para-hydroxylation sites is 1. The maximum atomic E-state index is 5.97. The molecule has 1 heterocycles. The molecule has 0 aromatic heterocycles. The molecule has 1 fully saturated rings. The molecule has 2 aromatic rings. The van der Waals surface area contributed by atoms with Crippen LogP contribution < -0.4 is 10.1 Å². The third kappa shape index (κ3) is 5.57. The molecule has 0 unspecified atom stereocenters. The van der Waals surface area contributed by atoms with Crippen LogP contribution in [0.15, 0.2) is 54.6 Å². The highest BCUT2D eigenvalue weighted by Gasteiger charge is 2.34. The van der Waals surface area contributed by atoms with Gasteiger partial charge in [-0.1, -0.05) is 48.5 Å². The zero-order chi connectivity index (χ0) is 19.1. The molecule has 2 atom stereocenters. The van der Waals surface area contributed by atoms with Crippen molar-refractivity contribution in [2.24, 2.45) is 5.92 Å². The maximum absolute atomic E-state index is 5.97. The monoisotopic (exact) mass is 367 g/mol. The van der Waals surface area contributed by atoms with Gasteiger partial charge in [0, 0.05) is 13.2 Å². The summed E-state index contributed by atoms with van der Waals surface area (Å²) in [5, 5.41) is 3.63. The molecule has 1 aliphatic heterocycles. The fraction of sp³-hybridized carbons (Fsp3) is 0.500. The minimum atomic E-state index is -0.0410. The Morgan fingerprint density at radius 2 is 1.85 bits per heavy atom. The van der Waals surface area contributed by atoms with Gasteiger partial charge in [0.1, 0.15) is 5.75 Å². The predicted molar refractivity (Wildman–Crippen MR) is 111 cm³/mol. The van der Waals surface area contributed by atoms with E-state index in [0.717, 1.165) is 44.7 Å². The van der Waals surface area contributed by atoms with Crippen LogP contribution in [0.3, 0.4) is 0 Å². The van der Waals surface area contributed by atoms with E-state index < -0.39 is 0 Å². The van der Waals surface area contributed by atoms with Crippen LogP contribution in [0.2, 0.25) is 0 Å². The Balaban J connectivity index is 1.69. The zero-order valence-corrected chi connectivity index (χ0v) is 16.9. The molecule has 1 saturated heterocycles. The van der Waals surface area contributed by atoms with Crippen molar-refractivity contribution in [2.75, 3.05) is 20.3 Å². The number of rotatable bonds is 8. The van der Waals surface area contributed by atoms with Crippen molar-refractivity contribution in [3.63, 3.8) is 0 Å². The van der Waals surface area contributed by atoms with Crippen molar-refractivity contribution in [1.82, 2.24) is 5.32 Å². The van der Waals surface area contributed by atoms with E-state index in [0.29, 0.717) is 11.8 Å². The normalized spacial score (nSPS) is 20.2. The predicted octanol–water partition coefficient (Wildman–Crippen LogP) is 5.16. The summed E-state index contributed by atoms with van der Waals surface area (Å²) in [7, 11) is 1.78. The molecule has 0 spiro atoms. The summed E-state index contributed by atoms with van der Waals surface area (Å²) in [6.07, 6.45) is 3.31. The van der Waals surface area contributed by atoms with Crippen molar-refractivity contribution in [2.45, 2.75) is 51.2 Å². The third-order valence-electron chi connectivity index (χ3n) is 5.65. The molecule has 2 aromatic carbocycles. The van der Waals surface area contributed by atoms with E-state index in [2.05, 4.69) is 73.8 Å². The first-order chi connectivity index (χ1) is 13.1. The summed E-state index contributed by atoms with van der Waals surface area (Å²) in [5.41, 5.74) is 2.63. The van der Waals surface area contributed by atoms with E-state index in [9.17, 15) is 0 Å². The number of benzene rings is 2. The Hall–Kier alpha value is -1.84. The van der Waals surface area contributed by atoms with Crippen LogP contribution in [0.25, 0.3) is 0 Å². The fourth-order valence-electron chi connectivity index (χ4n) is 4.33. The summed E-state index contributed by atoms with van der Waals surface area (Å²) < 4.78 is 11.7. The quantitative estimate of drug-likeness (QED) is 0.654. The second-order valence-electron chi connectivity index (χ2n) is 8.16. The number of nitrogens with one attached hydrogen (secondary N) is 1. The lowest BCUT2D eigenvalue weighted by Crippen LogP contribution is -2.37. The number of methoxy groups -OCH3 is 1. The third-order valence-corrected chi connectivity index (χ3v) is 5.65. The van der Waals surface area contributed by atoms with Crippen LogP contribution in [0, 0.1) is 5.92 Å². The van der Waals surface area contributed by atoms with E-state index >= 15 is 0 Å². The van der Waals surface area contributed by atoms with Crippen LogP contribution in [-0.2, 0) is 11.3 Å². The number of hydrogen-bond acceptors (Lipinski definition) is 3. The molecule has 27 heavy (non-hydrogen) atoms. The molecule has 0 saturated carbocycles. The maximum Gasteiger partial charge on any atom is 0.122 e. The van der Waals surface area contributed by atoms with Crippen molar-refractivity contribution in [3.05, 3.63) is 65.7 Å². The lowest BCUT2D eigenvalue weighted by atomic mass is 9.75. The first-order valence-electron chi connectivity index (χ1n) is 10.1. The minimum absolute atomic E-state index is 0.0410. The fourth-order valence-corrected chi connectivity index (χ4v) is 4.33. The van der Waals surface area contributed by atoms with Crippen LogP contribution in [-0.4, -0.2) is 25.9 Å². The highest BCUT2D eigenvalue weighted by atomic mass is 16.5. The van der Waals surface area contributed by atoms with Gasteiger partial charge in [-0.3, -0.25) is 0 Å². The van der Waals surface area contributed by atoms with Gasteiger partial charge in [0.25, 0.3) is 0 Å². The van der Waals surface area contributed by atoms with Gasteiger partial charge < -0.3 is 14.8 Å². The highest BCUT2D eigenvalue weighted by Crippen LogP contribution is 2.42. The zero-order valence-electron chi connectivity index (χ0n) is 16.9. The summed E-state index contributed by atoms with van der Waals surface area (Å²) in [5.74, 6) is 2.10. The average molecular weight is 368 g/mol. The average Bonchev–Trinajstić information content (AvgIpc) is 2.68. The SMILES string of the molecule is COc1ccccc1[C@H](CCNCc1ccccc1)[C@H]1CCOC(C)(C)C1. The van der Waals surface area contributed by atoms with Gasteiger partial charge in [0.2, 0.25) is 0 Å². The van der Waals surface area contributed by atoms with Crippen molar-refractivity contribution >= 4 is 0 Å². The molecule has 0 bridgehead atoms. The first kappa shape index (κ1) is 19.9. The Labute approximate surface area is 164 Å². The van der Waals surface area contributed by atoms with Gasteiger partial charge in [-0.25, -0.2) is 0 Å². The van der Waals surface area contributed by atoms with E-state index in [-0.39, 0.29) is 5.60 Å². The standard InChI is InChI=1S/C24H33NO2/c1-24(2)17-20(14-16-27-24)21(22-11-7-8-12-23(22)26-3)13-15-25-18-19-9-5-4-6-10-19/h4-12,20-21,25H,13-18H2,1-3H3/t20-,21+/m0/s1. The Morgan fingerprint density at radius 1 is 1.11 bits per heavy atom. The summed E-state index contributed by atoms with van der Waals surface area (Å²) in [6.45, 7) is 7.19. The largest absolute Gasteiger partial charge is 0.496 e. The van der Waals surface area contributed by atoms with E-state index in [4.69, 9.17) is 9.47 Å². The molecule has 0 amide bonds. The second-order valence-corrected chi connectivity index (χ2v) is 8.16. The van der Waals surface area contributed by atoms with Crippen LogP contribution in [0.5, 0.6) is 5.75 Å². The van der Waals surface area contributed by atoms with Gasteiger partial charge in [-0.05, 0) is 68.7 Å². The smallest absolute Gasteiger partial charge is 0.122 e. The number of hydrogen-bond donors (Lipinski definition) is 1. The molecule has 3 heteroatoms. The Bertz CT molecular complexity index is 699. The van der Waals surface area contributed by atoms with E-state index in [1.807, 2.05) is 0 Å². The van der Waals surface area contributed by atoms with Crippen LogP contribution in [0.4, 0.5) is 0 Å². The van der Waals surface area contributed by atoms with Crippen LogP contribution >= 0.6 is 0 Å². The molecule has 0 aliphatic carbocycles. The summed E-state index contributed by atoms with van der Waals surface area (Å²) >= 11 is 0. The molecule has 0 radical (unpaired) electrons. The summed E-state index contributed by atoms with van der Waals surface area (Å²) in [4.78, 5) is 0. The Morgan fingerprint density at radius 3 is 2.59 bits per heavy atom. The van der Waals surface area contributed by atoms with Gasteiger partial charge in [0.05, 0.1) is 12.7 Å². The van der Waals surface area contributed by atoms with Crippen LogP contribution in [0.1, 0.15) is 50.2 Å². The minimum Gasteiger partial charge on any atom is -0.496 e. The second kappa shape index (κ2) is 9.38. The molecule has 1 N–H and O–H groups in total. The summed E-state index contributed by atoms with van der Waals surface area (Å²) in [6, 6.07) is 19.1. The lowest BCUT2D eigenvalue weighted by molar-refractivity contribution is -0.0772.